The number of nitrogens with two attached hydrogens (primary N) is 1. The fourth-order valence-corrected chi connectivity index (χ4v) is 2.52. The number of nitrogens with one attached hydrogen (secondary N) is 1. The van der Waals surface area contributed by atoms with Gasteiger partial charge in [-0.1, -0.05) is 12.1 Å². The van der Waals surface area contributed by atoms with E-state index in [1.807, 2.05) is 0 Å². The molecule has 3 N–H and O–H groups in total. The number of hydrazine groups is 1. The summed E-state index contributed by atoms with van der Waals surface area (Å²) in [6, 6.07) is 5.24. The lowest BCUT2D eigenvalue weighted by Gasteiger charge is -2.19. The van der Waals surface area contributed by atoms with Gasteiger partial charge >= 0.3 is 0 Å². The second-order valence-corrected chi connectivity index (χ2v) is 4.97. The summed E-state index contributed by atoms with van der Waals surface area (Å²) in [4.78, 5) is 0. The van der Waals surface area contributed by atoms with Gasteiger partial charge in [0.25, 0.3) is 0 Å². The molecule has 19 heavy (non-hydrogen) atoms. The molecular weight excluding hydrogens is 247 g/mol. The molecule has 1 heterocycles. The summed E-state index contributed by atoms with van der Waals surface area (Å²) < 4.78 is 24.4. The van der Waals surface area contributed by atoms with Gasteiger partial charge in [0.1, 0.15) is 0 Å². The minimum Gasteiger partial charge on any atom is -0.494 e. The van der Waals surface area contributed by atoms with Crippen molar-refractivity contribution in [2.24, 2.45) is 11.8 Å². The van der Waals surface area contributed by atoms with E-state index in [1.165, 1.54) is 7.11 Å². The Kier molecular flexibility index (Phi) is 5.13. The highest BCUT2D eigenvalue weighted by Gasteiger charge is 2.21. The van der Waals surface area contributed by atoms with Gasteiger partial charge in [-0.15, -0.1) is 0 Å². The topological polar surface area (TPSA) is 56.5 Å². The summed E-state index contributed by atoms with van der Waals surface area (Å²) in [7, 11) is 1.47. The fraction of sp³-hybridized carbons (Fsp3) is 0.571. The van der Waals surface area contributed by atoms with E-state index in [-0.39, 0.29) is 17.6 Å². The van der Waals surface area contributed by atoms with Crippen LogP contribution in [0.5, 0.6) is 5.75 Å². The molecule has 1 aliphatic heterocycles. The Morgan fingerprint density at radius 1 is 1.58 bits per heavy atom. The maximum absolute atomic E-state index is 14.1. The van der Waals surface area contributed by atoms with Crippen molar-refractivity contribution < 1.29 is 13.9 Å². The lowest BCUT2D eigenvalue weighted by molar-refractivity contribution is 0.181. The Labute approximate surface area is 113 Å². The first-order chi connectivity index (χ1) is 9.24. The smallest absolute Gasteiger partial charge is 0.168 e. The maximum Gasteiger partial charge on any atom is 0.168 e. The molecular formula is C14H21FN2O2. The standard InChI is InChI=1S/C14H21FN2O2/c1-18-13-4-2-3-11(14(13)15)8-12(17-16)7-10-5-6-19-9-10/h2-4,10,12,17H,5-9,16H2,1H3. The third-order valence-electron chi connectivity index (χ3n) is 3.61. The van der Waals surface area contributed by atoms with Gasteiger partial charge in [0.05, 0.1) is 7.11 Å². The van der Waals surface area contributed by atoms with Crippen LogP contribution in [0, 0.1) is 11.7 Å². The summed E-state index contributed by atoms with van der Waals surface area (Å²) in [6.07, 6.45) is 2.50. The highest BCUT2D eigenvalue weighted by atomic mass is 19.1. The van der Waals surface area contributed by atoms with Crippen molar-refractivity contribution in [3.63, 3.8) is 0 Å². The first-order valence-electron chi connectivity index (χ1n) is 6.59. The molecule has 0 saturated carbocycles. The molecule has 1 saturated heterocycles. The highest BCUT2D eigenvalue weighted by molar-refractivity contribution is 5.31. The van der Waals surface area contributed by atoms with Gasteiger partial charge in [0, 0.05) is 19.3 Å². The Bertz CT molecular complexity index is 408. The Hall–Kier alpha value is -1.17. The highest BCUT2D eigenvalue weighted by Crippen LogP contribution is 2.24. The van der Waals surface area contributed by atoms with E-state index >= 15 is 0 Å². The average Bonchev–Trinajstić information content (AvgIpc) is 2.93. The number of methoxy groups -OCH3 is 1. The van der Waals surface area contributed by atoms with Crippen LogP contribution >= 0.6 is 0 Å². The van der Waals surface area contributed by atoms with Crippen LogP contribution in [-0.2, 0) is 11.2 Å². The van der Waals surface area contributed by atoms with Crippen molar-refractivity contribution in [2.75, 3.05) is 20.3 Å². The van der Waals surface area contributed by atoms with Gasteiger partial charge < -0.3 is 9.47 Å². The number of hydrogen-bond acceptors (Lipinski definition) is 4. The molecule has 1 aliphatic rings. The van der Waals surface area contributed by atoms with Crippen LogP contribution in [0.25, 0.3) is 0 Å². The second kappa shape index (κ2) is 6.84. The van der Waals surface area contributed by atoms with E-state index in [9.17, 15) is 4.39 Å². The van der Waals surface area contributed by atoms with Crippen LogP contribution < -0.4 is 16.0 Å². The molecule has 0 aliphatic carbocycles. The molecule has 0 amide bonds. The monoisotopic (exact) mass is 268 g/mol. The predicted molar refractivity (Wildman–Crippen MR) is 71.3 cm³/mol. The normalized spacial score (nSPS) is 20.5. The summed E-state index contributed by atoms with van der Waals surface area (Å²) in [6.45, 7) is 1.59. The van der Waals surface area contributed by atoms with Crippen LogP contribution in [-0.4, -0.2) is 26.4 Å². The molecule has 0 bridgehead atoms. The van der Waals surface area contributed by atoms with Crippen LogP contribution in [0.15, 0.2) is 18.2 Å². The maximum atomic E-state index is 14.1. The zero-order valence-electron chi connectivity index (χ0n) is 11.2. The molecule has 0 aromatic heterocycles. The Balaban J connectivity index is 2.01. The summed E-state index contributed by atoms with van der Waals surface area (Å²) in [5.74, 6) is 6.06. The minimum atomic E-state index is -0.298. The number of hydrogen-bond donors (Lipinski definition) is 2. The minimum absolute atomic E-state index is 0.0494. The number of ether oxygens (including phenoxy) is 2. The van der Waals surface area contributed by atoms with Crippen molar-refractivity contribution in [3.05, 3.63) is 29.6 Å². The lowest BCUT2D eigenvalue weighted by atomic mass is 9.94. The molecule has 0 spiro atoms. The SMILES string of the molecule is COc1cccc(CC(CC2CCOC2)NN)c1F. The van der Waals surface area contributed by atoms with Gasteiger partial charge in [-0.2, -0.15) is 0 Å². The third-order valence-corrected chi connectivity index (χ3v) is 3.61. The van der Waals surface area contributed by atoms with E-state index in [2.05, 4.69) is 5.43 Å². The van der Waals surface area contributed by atoms with Gasteiger partial charge in [0.15, 0.2) is 11.6 Å². The quantitative estimate of drug-likeness (QED) is 0.608. The fourth-order valence-electron chi connectivity index (χ4n) is 2.52. The molecule has 1 fully saturated rings. The second-order valence-electron chi connectivity index (χ2n) is 4.97. The third kappa shape index (κ3) is 3.65. The van der Waals surface area contributed by atoms with Crippen LogP contribution in [0.1, 0.15) is 18.4 Å². The zero-order chi connectivity index (χ0) is 13.7. The molecule has 1 aromatic carbocycles. The first kappa shape index (κ1) is 14.2. The molecule has 1 aromatic rings. The van der Waals surface area contributed by atoms with E-state index in [1.54, 1.807) is 18.2 Å². The summed E-state index contributed by atoms with van der Waals surface area (Å²) in [5.41, 5.74) is 3.41. The molecule has 106 valence electrons. The van der Waals surface area contributed by atoms with Crippen LogP contribution in [0.2, 0.25) is 0 Å². The predicted octanol–water partition coefficient (Wildman–Crippen LogP) is 1.64. The Morgan fingerprint density at radius 3 is 3.05 bits per heavy atom. The van der Waals surface area contributed by atoms with Crippen LogP contribution in [0.4, 0.5) is 4.39 Å². The van der Waals surface area contributed by atoms with Gasteiger partial charge in [-0.25, -0.2) is 4.39 Å². The summed E-state index contributed by atoms with van der Waals surface area (Å²) >= 11 is 0. The molecule has 2 atom stereocenters. The molecule has 5 heteroatoms. The Morgan fingerprint density at radius 2 is 2.42 bits per heavy atom. The van der Waals surface area contributed by atoms with Crippen LogP contribution in [0.3, 0.4) is 0 Å². The van der Waals surface area contributed by atoms with E-state index < -0.39 is 0 Å². The van der Waals surface area contributed by atoms with E-state index in [0.29, 0.717) is 17.9 Å². The van der Waals surface area contributed by atoms with Gasteiger partial charge in [0.2, 0.25) is 0 Å². The summed E-state index contributed by atoms with van der Waals surface area (Å²) in [5, 5.41) is 0. The molecule has 2 rings (SSSR count). The molecule has 2 unspecified atom stereocenters. The first-order valence-corrected chi connectivity index (χ1v) is 6.59. The van der Waals surface area contributed by atoms with Crippen molar-refractivity contribution in [2.45, 2.75) is 25.3 Å². The van der Waals surface area contributed by atoms with E-state index in [0.717, 1.165) is 26.1 Å². The van der Waals surface area contributed by atoms with E-state index in [4.69, 9.17) is 15.3 Å². The van der Waals surface area contributed by atoms with Crippen molar-refractivity contribution in [1.82, 2.24) is 5.43 Å². The zero-order valence-corrected chi connectivity index (χ0v) is 11.2. The number of rotatable bonds is 6. The average molecular weight is 268 g/mol. The lowest BCUT2D eigenvalue weighted by Crippen LogP contribution is -2.38. The van der Waals surface area contributed by atoms with Gasteiger partial charge in [-0.05, 0) is 36.8 Å². The van der Waals surface area contributed by atoms with Crippen molar-refractivity contribution >= 4 is 0 Å². The van der Waals surface area contributed by atoms with Gasteiger partial charge in [-0.3, -0.25) is 11.3 Å². The van der Waals surface area contributed by atoms with Crippen molar-refractivity contribution in [1.29, 1.82) is 0 Å². The number of benzene rings is 1. The number of halogens is 1. The van der Waals surface area contributed by atoms with Crippen molar-refractivity contribution in [3.8, 4) is 5.75 Å². The largest absolute Gasteiger partial charge is 0.494 e. The molecule has 0 radical (unpaired) electrons. The molecule has 4 nitrogen and oxygen atoms in total.